The average Bonchev–Trinajstić information content (AvgIpc) is 2.52. The lowest BCUT2D eigenvalue weighted by Gasteiger charge is -2.27. The van der Waals surface area contributed by atoms with Crippen LogP contribution in [-0.4, -0.2) is 39.2 Å². The first-order valence-corrected chi connectivity index (χ1v) is 7.84. The molecule has 0 radical (unpaired) electrons. The number of likely N-dealkylation sites (N-methyl/N-ethyl adjacent to an activating group) is 1. The first kappa shape index (κ1) is 18.0. The molecule has 1 N–H and O–H groups in total. The Labute approximate surface area is 128 Å². The number of hydrogen-bond acceptors (Lipinski definition) is 4. The van der Waals surface area contributed by atoms with Gasteiger partial charge in [0.2, 0.25) is 0 Å². The van der Waals surface area contributed by atoms with Gasteiger partial charge in [0.1, 0.15) is 5.75 Å². The zero-order chi connectivity index (χ0) is 15.5. The highest BCUT2D eigenvalue weighted by Crippen LogP contribution is 2.15. The summed E-state index contributed by atoms with van der Waals surface area (Å²) in [5, 5.41) is 3.47. The van der Waals surface area contributed by atoms with Crippen molar-refractivity contribution in [1.82, 2.24) is 5.32 Å². The third-order valence-corrected chi connectivity index (χ3v) is 3.36. The Hall–Kier alpha value is -1.10. The summed E-state index contributed by atoms with van der Waals surface area (Å²) >= 11 is 0. The molecule has 0 aliphatic rings. The van der Waals surface area contributed by atoms with Crippen molar-refractivity contribution in [2.75, 3.05) is 26.9 Å². The smallest absolute Gasteiger partial charge is 0.172 e. The number of benzene rings is 1. The Morgan fingerprint density at radius 1 is 1.00 bits per heavy atom. The van der Waals surface area contributed by atoms with Gasteiger partial charge in [-0.3, -0.25) is 0 Å². The van der Waals surface area contributed by atoms with Gasteiger partial charge in [0.25, 0.3) is 0 Å². The SMILES string of the molecule is CCNC(CCc1ccc(OC)cc1)C(OCC)OCC. The average molecular weight is 295 g/mol. The maximum Gasteiger partial charge on any atom is 0.172 e. The van der Waals surface area contributed by atoms with Crippen LogP contribution in [-0.2, 0) is 15.9 Å². The van der Waals surface area contributed by atoms with E-state index < -0.39 is 0 Å². The third kappa shape index (κ3) is 6.46. The third-order valence-electron chi connectivity index (χ3n) is 3.36. The van der Waals surface area contributed by atoms with E-state index >= 15 is 0 Å². The lowest BCUT2D eigenvalue weighted by Crippen LogP contribution is -2.43. The summed E-state index contributed by atoms with van der Waals surface area (Å²) in [6, 6.07) is 8.42. The van der Waals surface area contributed by atoms with E-state index in [0.717, 1.165) is 25.1 Å². The normalized spacial score (nSPS) is 12.6. The van der Waals surface area contributed by atoms with Crippen LogP contribution in [0.1, 0.15) is 32.8 Å². The standard InChI is InChI=1S/C17H29NO3/c1-5-18-16(17(20-6-2)21-7-3)13-10-14-8-11-15(19-4)12-9-14/h8-9,11-12,16-18H,5-7,10,13H2,1-4H3. The molecule has 1 atom stereocenters. The lowest BCUT2D eigenvalue weighted by atomic mass is 10.0. The molecular weight excluding hydrogens is 266 g/mol. The van der Waals surface area contributed by atoms with Gasteiger partial charge < -0.3 is 19.5 Å². The van der Waals surface area contributed by atoms with E-state index in [1.165, 1.54) is 5.56 Å². The van der Waals surface area contributed by atoms with Gasteiger partial charge in [-0.2, -0.15) is 0 Å². The number of rotatable bonds is 11. The van der Waals surface area contributed by atoms with Gasteiger partial charge in [0.05, 0.1) is 13.2 Å². The first-order chi connectivity index (χ1) is 10.2. The van der Waals surface area contributed by atoms with Crippen LogP contribution in [0.15, 0.2) is 24.3 Å². The second-order valence-electron chi connectivity index (χ2n) is 4.83. The van der Waals surface area contributed by atoms with Crippen molar-refractivity contribution in [3.05, 3.63) is 29.8 Å². The topological polar surface area (TPSA) is 39.7 Å². The quantitative estimate of drug-likeness (QED) is 0.637. The molecule has 1 aromatic rings. The van der Waals surface area contributed by atoms with Crippen molar-refractivity contribution in [2.45, 2.75) is 45.9 Å². The van der Waals surface area contributed by atoms with Gasteiger partial charge >= 0.3 is 0 Å². The fraction of sp³-hybridized carbons (Fsp3) is 0.647. The molecule has 4 heteroatoms. The summed E-state index contributed by atoms with van der Waals surface area (Å²) in [6.45, 7) is 8.33. The van der Waals surface area contributed by atoms with E-state index in [-0.39, 0.29) is 12.3 Å². The van der Waals surface area contributed by atoms with Crippen LogP contribution in [0.4, 0.5) is 0 Å². The Morgan fingerprint density at radius 2 is 1.62 bits per heavy atom. The molecule has 0 heterocycles. The van der Waals surface area contributed by atoms with Crippen LogP contribution in [0.25, 0.3) is 0 Å². The fourth-order valence-electron chi connectivity index (χ4n) is 2.32. The van der Waals surface area contributed by atoms with E-state index in [0.29, 0.717) is 13.2 Å². The van der Waals surface area contributed by atoms with Gasteiger partial charge in [-0.05, 0) is 50.9 Å². The fourth-order valence-corrected chi connectivity index (χ4v) is 2.32. The number of ether oxygens (including phenoxy) is 3. The zero-order valence-corrected chi connectivity index (χ0v) is 13.7. The molecule has 1 unspecified atom stereocenters. The van der Waals surface area contributed by atoms with Gasteiger partial charge in [-0.25, -0.2) is 0 Å². The van der Waals surface area contributed by atoms with Crippen LogP contribution in [0.2, 0.25) is 0 Å². The Kier molecular flexibility index (Phi) is 9.06. The van der Waals surface area contributed by atoms with Crippen molar-refractivity contribution in [3.63, 3.8) is 0 Å². The lowest BCUT2D eigenvalue weighted by molar-refractivity contribution is -0.154. The largest absolute Gasteiger partial charge is 0.497 e. The Balaban J connectivity index is 2.58. The van der Waals surface area contributed by atoms with Crippen molar-refractivity contribution < 1.29 is 14.2 Å². The molecule has 0 amide bonds. The second-order valence-corrected chi connectivity index (χ2v) is 4.83. The first-order valence-electron chi connectivity index (χ1n) is 7.84. The number of aryl methyl sites for hydroxylation is 1. The predicted molar refractivity (Wildman–Crippen MR) is 85.8 cm³/mol. The summed E-state index contributed by atoms with van der Waals surface area (Å²) < 4.78 is 16.6. The molecule has 1 aromatic carbocycles. The van der Waals surface area contributed by atoms with Gasteiger partial charge in [-0.1, -0.05) is 19.1 Å². The molecular formula is C17H29NO3. The molecule has 0 aliphatic carbocycles. The Bertz CT molecular complexity index is 361. The van der Waals surface area contributed by atoms with Gasteiger partial charge in [0.15, 0.2) is 6.29 Å². The summed E-state index contributed by atoms with van der Waals surface area (Å²) in [5.74, 6) is 0.892. The summed E-state index contributed by atoms with van der Waals surface area (Å²) in [6.07, 6.45) is 1.78. The predicted octanol–water partition coefficient (Wildman–Crippen LogP) is 3.01. The van der Waals surface area contributed by atoms with E-state index in [1.54, 1.807) is 7.11 Å². The van der Waals surface area contributed by atoms with Crippen LogP contribution in [0, 0.1) is 0 Å². The molecule has 0 spiro atoms. The number of methoxy groups -OCH3 is 1. The number of hydrogen-bond donors (Lipinski definition) is 1. The van der Waals surface area contributed by atoms with E-state index in [1.807, 2.05) is 26.0 Å². The van der Waals surface area contributed by atoms with Crippen LogP contribution >= 0.6 is 0 Å². The van der Waals surface area contributed by atoms with Gasteiger partial charge in [-0.15, -0.1) is 0 Å². The second kappa shape index (κ2) is 10.6. The Morgan fingerprint density at radius 3 is 2.10 bits per heavy atom. The van der Waals surface area contributed by atoms with Crippen LogP contribution in [0.3, 0.4) is 0 Å². The molecule has 120 valence electrons. The van der Waals surface area contributed by atoms with Crippen molar-refractivity contribution in [3.8, 4) is 5.75 Å². The van der Waals surface area contributed by atoms with E-state index in [2.05, 4.69) is 24.4 Å². The highest BCUT2D eigenvalue weighted by Gasteiger charge is 2.21. The molecule has 0 saturated carbocycles. The molecule has 4 nitrogen and oxygen atoms in total. The summed E-state index contributed by atoms with van der Waals surface area (Å²) in [5.41, 5.74) is 1.30. The molecule has 0 fully saturated rings. The molecule has 21 heavy (non-hydrogen) atoms. The van der Waals surface area contributed by atoms with Crippen LogP contribution < -0.4 is 10.1 Å². The molecule has 0 aliphatic heterocycles. The minimum Gasteiger partial charge on any atom is -0.497 e. The summed E-state index contributed by atoms with van der Waals surface area (Å²) in [4.78, 5) is 0. The number of nitrogens with one attached hydrogen (secondary N) is 1. The zero-order valence-electron chi connectivity index (χ0n) is 13.7. The molecule has 0 aromatic heterocycles. The summed E-state index contributed by atoms with van der Waals surface area (Å²) in [7, 11) is 1.69. The van der Waals surface area contributed by atoms with Crippen molar-refractivity contribution in [2.24, 2.45) is 0 Å². The monoisotopic (exact) mass is 295 g/mol. The van der Waals surface area contributed by atoms with Gasteiger partial charge in [0, 0.05) is 13.2 Å². The maximum atomic E-state index is 5.72. The highest BCUT2D eigenvalue weighted by molar-refractivity contribution is 5.27. The minimum atomic E-state index is -0.182. The van der Waals surface area contributed by atoms with Crippen LogP contribution in [0.5, 0.6) is 5.75 Å². The minimum absolute atomic E-state index is 0.182. The van der Waals surface area contributed by atoms with Crippen molar-refractivity contribution >= 4 is 0 Å². The van der Waals surface area contributed by atoms with E-state index in [9.17, 15) is 0 Å². The molecule has 1 rings (SSSR count). The molecule has 0 saturated heterocycles. The molecule has 0 bridgehead atoms. The maximum absolute atomic E-state index is 5.72. The highest BCUT2D eigenvalue weighted by atomic mass is 16.7. The van der Waals surface area contributed by atoms with Crippen molar-refractivity contribution in [1.29, 1.82) is 0 Å². The van der Waals surface area contributed by atoms with E-state index in [4.69, 9.17) is 14.2 Å².